The third kappa shape index (κ3) is 16.1. The van der Waals surface area contributed by atoms with Crippen LogP contribution in [0.2, 0.25) is 0 Å². The second-order valence-electron chi connectivity index (χ2n) is 3.53. The Morgan fingerprint density at radius 3 is 1.31 bits per heavy atom. The van der Waals surface area contributed by atoms with Crippen molar-refractivity contribution in [3.63, 3.8) is 0 Å². The maximum Gasteiger partial charge on any atom is 0.0532 e. The second kappa shape index (κ2) is 13.5. The van der Waals surface area contributed by atoms with Gasteiger partial charge in [-0.1, -0.05) is 12.8 Å². The summed E-state index contributed by atoms with van der Waals surface area (Å²) in [5, 5.41) is 0. The lowest BCUT2D eigenvalue weighted by atomic mass is 10.2. The van der Waals surface area contributed by atoms with Gasteiger partial charge in [-0.25, -0.2) is 0 Å². The van der Waals surface area contributed by atoms with E-state index in [9.17, 15) is 0 Å². The molecule has 0 aliphatic carbocycles. The Morgan fingerprint density at radius 2 is 1.00 bits per heavy atom. The summed E-state index contributed by atoms with van der Waals surface area (Å²) >= 11 is 20.8. The van der Waals surface area contributed by atoms with Gasteiger partial charge in [0, 0.05) is 11.5 Å². The molecule has 98 valence electrons. The van der Waals surface area contributed by atoms with Crippen LogP contribution in [-0.4, -0.2) is 32.2 Å². The average Bonchev–Trinajstić information content (AvgIpc) is 2.20. The standard InChI is InChI=1S/C10H22S6/c11-9(12)7-15-5-3-1-2-4-6-16-8-10(13)14/h9-14H,1-8H2. The zero-order valence-corrected chi connectivity index (χ0v) is 14.6. The van der Waals surface area contributed by atoms with Crippen molar-refractivity contribution in [1.82, 2.24) is 0 Å². The molecule has 0 heterocycles. The summed E-state index contributed by atoms with van der Waals surface area (Å²) in [6.07, 6.45) is 5.35. The summed E-state index contributed by atoms with van der Waals surface area (Å²) in [7, 11) is 0. The Labute approximate surface area is 131 Å². The van der Waals surface area contributed by atoms with Crippen LogP contribution >= 0.6 is 74.0 Å². The number of hydrogen-bond donors (Lipinski definition) is 4. The van der Waals surface area contributed by atoms with Crippen LogP contribution in [0.1, 0.15) is 25.7 Å². The molecule has 0 aromatic rings. The van der Waals surface area contributed by atoms with E-state index in [0.29, 0.717) is 0 Å². The van der Waals surface area contributed by atoms with E-state index in [1.54, 1.807) is 0 Å². The van der Waals surface area contributed by atoms with E-state index in [1.165, 1.54) is 37.2 Å². The Hall–Kier alpha value is 2.10. The van der Waals surface area contributed by atoms with Crippen molar-refractivity contribution in [3.8, 4) is 0 Å². The second-order valence-corrected chi connectivity index (χ2v) is 9.13. The molecule has 6 heteroatoms. The molecule has 0 amide bonds. The van der Waals surface area contributed by atoms with E-state index in [4.69, 9.17) is 0 Å². The fraction of sp³-hybridized carbons (Fsp3) is 1.00. The molecule has 16 heavy (non-hydrogen) atoms. The average molecular weight is 335 g/mol. The number of thiol groups is 4. The first kappa shape index (κ1) is 18.1. The number of thioether (sulfide) groups is 2. The smallest absolute Gasteiger partial charge is 0.0532 e. The van der Waals surface area contributed by atoms with Crippen LogP contribution in [0.25, 0.3) is 0 Å². The van der Waals surface area contributed by atoms with Gasteiger partial charge in [0.25, 0.3) is 0 Å². The summed E-state index contributed by atoms with van der Waals surface area (Å²) in [5.41, 5.74) is 0. The van der Waals surface area contributed by atoms with Crippen molar-refractivity contribution < 1.29 is 0 Å². The molecular formula is C10H22S6. The molecule has 0 nitrogen and oxygen atoms in total. The van der Waals surface area contributed by atoms with Crippen LogP contribution in [-0.2, 0) is 0 Å². The highest BCUT2D eigenvalue weighted by Crippen LogP contribution is 2.15. The molecule has 0 N–H and O–H groups in total. The van der Waals surface area contributed by atoms with E-state index >= 15 is 0 Å². The molecule has 0 aliphatic heterocycles. The largest absolute Gasteiger partial charge is 0.164 e. The predicted molar refractivity (Wildman–Crippen MR) is 96.6 cm³/mol. The Balaban J connectivity index is 2.93. The van der Waals surface area contributed by atoms with Gasteiger partial charge in [-0.05, 0) is 24.3 Å². The van der Waals surface area contributed by atoms with Crippen molar-refractivity contribution >= 4 is 74.0 Å². The Morgan fingerprint density at radius 1 is 0.625 bits per heavy atom. The molecule has 0 spiro atoms. The van der Waals surface area contributed by atoms with E-state index in [1.807, 2.05) is 23.5 Å². The highest BCUT2D eigenvalue weighted by atomic mass is 32.2. The lowest BCUT2D eigenvalue weighted by Gasteiger charge is -2.04. The van der Waals surface area contributed by atoms with Gasteiger partial charge in [-0.15, -0.1) is 0 Å². The topological polar surface area (TPSA) is 0 Å². The third-order valence-electron chi connectivity index (χ3n) is 1.86. The van der Waals surface area contributed by atoms with Gasteiger partial charge in [0.05, 0.1) is 9.16 Å². The van der Waals surface area contributed by atoms with Gasteiger partial charge in [-0.2, -0.15) is 74.0 Å². The van der Waals surface area contributed by atoms with Crippen molar-refractivity contribution in [2.75, 3.05) is 23.0 Å². The summed E-state index contributed by atoms with van der Waals surface area (Å²) in [5.74, 6) is 4.60. The highest BCUT2D eigenvalue weighted by Gasteiger charge is 1.97. The first-order chi connectivity index (χ1) is 7.63. The van der Waals surface area contributed by atoms with Gasteiger partial charge in [0.2, 0.25) is 0 Å². The number of rotatable bonds is 11. The molecule has 0 aromatic heterocycles. The van der Waals surface area contributed by atoms with Gasteiger partial charge < -0.3 is 0 Å². The SMILES string of the molecule is SC(S)CSCCCCCCSCC(S)S. The first-order valence-corrected chi connectivity index (χ1v) is 9.88. The lowest BCUT2D eigenvalue weighted by Crippen LogP contribution is -1.94. The monoisotopic (exact) mass is 334 g/mol. The molecule has 0 saturated carbocycles. The highest BCUT2D eigenvalue weighted by molar-refractivity contribution is 8.04. The minimum atomic E-state index is 0.233. The maximum absolute atomic E-state index is 4.22. The van der Waals surface area contributed by atoms with Crippen molar-refractivity contribution in [2.24, 2.45) is 0 Å². The summed E-state index contributed by atoms with van der Waals surface area (Å²) in [6.45, 7) is 0. The minimum absolute atomic E-state index is 0.233. The number of hydrogen-bond acceptors (Lipinski definition) is 6. The quantitative estimate of drug-likeness (QED) is 0.251. The van der Waals surface area contributed by atoms with Gasteiger partial charge in [0.1, 0.15) is 0 Å². The van der Waals surface area contributed by atoms with Crippen LogP contribution in [0.3, 0.4) is 0 Å². The molecule has 0 fully saturated rings. The van der Waals surface area contributed by atoms with Crippen molar-refractivity contribution in [1.29, 1.82) is 0 Å². The molecule has 0 unspecified atom stereocenters. The van der Waals surface area contributed by atoms with Gasteiger partial charge in [-0.3, -0.25) is 0 Å². The molecule has 0 rings (SSSR count). The van der Waals surface area contributed by atoms with Crippen LogP contribution in [0.4, 0.5) is 0 Å². The van der Waals surface area contributed by atoms with Gasteiger partial charge >= 0.3 is 0 Å². The minimum Gasteiger partial charge on any atom is -0.164 e. The predicted octanol–water partition coefficient (Wildman–Crippen LogP) is 4.38. The fourth-order valence-electron chi connectivity index (χ4n) is 1.14. The molecular weight excluding hydrogens is 313 g/mol. The van der Waals surface area contributed by atoms with Crippen molar-refractivity contribution in [3.05, 3.63) is 0 Å². The van der Waals surface area contributed by atoms with E-state index in [-0.39, 0.29) is 9.16 Å². The zero-order valence-electron chi connectivity index (χ0n) is 9.42. The first-order valence-electron chi connectivity index (χ1n) is 5.50. The zero-order chi connectivity index (χ0) is 12.2. The summed E-state index contributed by atoms with van der Waals surface area (Å²) < 4.78 is 0.466. The van der Waals surface area contributed by atoms with E-state index in [0.717, 1.165) is 11.5 Å². The third-order valence-corrected chi connectivity index (χ3v) is 5.87. The van der Waals surface area contributed by atoms with Crippen LogP contribution in [0.15, 0.2) is 0 Å². The van der Waals surface area contributed by atoms with Gasteiger partial charge in [0.15, 0.2) is 0 Å². The molecule has 0 atom stereocenters. The van der Waals surface area contributed by atoms with Crippen LogP contribution < -0.4 is 0 Å². The van der Waals surface area contributed by atoms with E-state index < -0.39 is 0 Å². The summed E-state index contributed by atoms with van der Waals surface area (Å²) in [4.78, 5) is 0. The molecule has 0 aromatic carbocycles. The normalized spacial score (nSPS) is 11.6. The fourth-order valence-corrected chi connectivity index (χ4v) is 3.98. The van der Waals surface area contributed by atoms with E-state index in [2.05, 4.69) is 50.5 Å². The molecule has 0 saturated heterocycles. The number of unbranched alkanes of at least 4 members (excludes halogenated alkanes) is 3. The Bertz CT molecular complexity index is 123. The molecule has 0 aliphatic rings. The lowest BCUT2D eigenvalue weighted by molar-refractivity contribution is 0.711. The maximum atomic E-state index is 4.22. The van der Waals surface area contributed by atoms with Crippen LogP contribution in [0.5, 0.6) is 0 Å². The molecule has 0 bridgehead atoms. The van der Waals surface area contributed by atoms with Crippen LogP contribution in [0, 0.1) is 0 Å². The molecule has 0 radical (unpaired) electrons. The Kier molecular flexibility index (Phi) is 15.3. The summed E-state index contributed by atoms with van der Waals surface area (Å²) in [6, 6.07) is 0. The van der Waals surface area contributed by atoms with Crippen molar-refractivity contribution in [2.45, 2.75) is 34.8 Å².